The number of hydrogen-bond acceptors (Lipinski definition) is 7. The van der Waals surface area contributed by atoms with Crippen molar-refractivity contribution in [3.05, 3.63) is 35.0 Å². The first-order valence-corrected chi connectivity index (χ1v) is 12.6. The topological polar surface area (TPSA) is 114 Å². The van der Waals surface area contributed by atoms with Crippen LogP contribution in [0.15, 0.2) is 23.1 Å². The van der Waals surface area contributed by atoms with E-state index in [-0.39, 0.29) is 35.2 Å². The third-order valence-electron chi connectivity index (χ3n) is 6.33. The van der Waals surface area contributed by atoms with Crippen molar-refractivity contribution in [1.29, 1.82) is 0 Å². The van der Waals surface area contributed by atoms with E-state index in [1.807, 2.05) is 6.92 Å². The number of nitrogens with zero attached hydrogens (tertiary/aromatic N) is 3. The van der Waals surface area contributed by atoms with Crippen LogP contribution in [0, 0.1) is 6.92 Å². The monoisotopic (exact) mass is 473 g/mol. The molecule has 10 heteroatoms. The average Bonchev–Trinajstić information content (AvgIpc) is 3.04. The molecule has 2 aliphatic heterocycles. The highest BCUT2D eigenvalue weighted by Crippen LogP contribution is 2.34. The molecule has 1 aromatic carbocycles. The molecule has 0 aliphatic carbocycles. The van der Waals surface area contributed by atoms with Crippen LogP contribution in [0.2, 0.25) is 0 Å². The van der Waals surface area contributed by atoms with Crippen LogP contribution in [0.4, 0.5) is 0 Å². The first kappa shape index (κ1) is 23.3. The minimum Gasteiger partial charge on any atom is -0.464 e. The lowest BCUT2D eigenvalue weighted by molar-refractivity contribution is -0.141. The van der Waals surface area contributed by atoms with Gasteiger partial charge in [-0.05, 0) is 44.4 Å². The Hall–Kier alpha value is -2.85. The Morgan fingerprint density at radius 3 is 2.61 bits per heavy atom. The van der Waals surface area contributed by atoms with E-state index >= 15 is 0 Å². The molecule has 33 heavy (non-hydrogen) atoms. The summed E-state index contributed by atoms with van der Waals surface area (Å²) in [5.41, 5.74) is 1.14. The number of amides is 2. The van der Waals surface area contributed by atoms with E-state index in [1.54, 1.807) is 17.3 Å². The van der Waals surface area contributed by atoms with Crippen molar-refractivity contribution in [3.8, 4) is 0 Å². The van der Waals surface area contributed by atoms with Gasteiger partial charge in [-0.25, -0.2) is 8.42 Å². The van der Waals surface area contributed by atoms with Crippen LogP contribution in [0.5, 0.6) is 0 Å². The molecule has 0 radical (unpaired) electrons. The molecule has 1 aromatic heterocycles. The summed E-state index contributed by atoms with van der Waals surface area (Å²) in [6.45, 7) is 5.13. The number of piperidine rings is 1. The van der Waals surface area contributed by atoms with E-state index in [0.29, 0.717) is 23.1 Å². The van der Waals surface area contributed by atoms with Crippen molar-refractivity contribution < 1.29 is 27.5 Å². The van der Waals surface area contributed by atoms with E-state index in [9.17, 15) is 22.8 Å². The smallest absolute Gasteiger partial charge is 0.302 e. The Labute approximate surface area is 192 Å². The number of aromatic nitrogens is 1. The molecule has 1 unspecified atom stereocenters. The van der Waals surface area contributed by atoms with Gasteiger partial charge < -0.3 is 4.74 Å². The Morgan fingerprint density at radius 1 is 1.18 bits per heavy atom. The molecular weight excluding hydrogens is 446 g/mol. The summed E-state index contributed by atoms with van der Waals surface area (Å²) in [6.07, 6.45) is 3.36. The number of benzene rings is 1. The number of aryl methyl sites for hydroxylation is 1. The normalized spacial score (nSPS) is 19.2. The van der Waals surface area contributed by atoms with Crippen molar-refractivity contribution in [2.24, 2.45) is 0 Å². The van der Waals surface area contributed by atoms with Gasteiger partial charge in [0, 0.05) is 24.9 Å². The second-order valence-electron chi connectivity index (χ2n) is 8.40. The summed E-state index contributed by atoms with van der Waals surface area (Å²) >= 11 is 0. The molecule has 0 bridgehead atoms. The quantitative estimate of drug-likeness (QED) is 0.468. The fourth-order valence-corrected chi connectivity index (χ4v) is 6.48. The number of pyridine rings is 1. The zero-order valence-corrected chi connectivity index (χ0v) is 19.8. The van der Waals surface area contributed by atoms with Crippen molar-refractivity contribution >= 4 is 38.7 Å². The molecule has 0 N–H and O–H groups in total. The third-order valence-corrected chi connectivity index (χ3v) is 8.27. The SMILES string of the molecule is CCC1CCCCN1S(=O)(=O)c1ccc2nc(C)c3c(c2c1)C(=O)N(CCOC(C)=O)C3=O. The Balaban J connectivity index is 1.78. The van der Waals surface area contributed by atoms with Gasteiger partial charge in [-0.1, -0.05) is 13.3 Å². The van der Waals surface area contributed by atoms with Crippen molar-refractivity contribution in [3.63, 3.8) is 0 Å². The summed E-state index contributed by atoms with van der Waals surface area (Å²) in [5.74, 6) is -1.58. The average molecular weight is 474 g/mol. The van der Waals surface area contributed by atoms with Crippen LogP contribution in [0.25, 0.3) is 10.9 Å². The highest BCUT2D eigenvalue weighted by atomic mass is 32.2. The van der Waals surface area contributed by atoms with Crippen LogP contribution < -0.4 is 0 Å². The lowest BCUT2D eigenvalue weighted by Crippen LogP contribution is -2.43. The number of esters is 1. The van der Waals surface area contributed by atoms with Gasteiger partial charge in [0.2, 0.25) is 10.0 Å². The summed E-state index contributed by atoms with van der Waals surface area (Å²) < 4.78 is 33.4. The first-order valence-electron chi connectivity index (χ1n) is 11.1. The number of ether oxygens (including phenoxy) is 1. The molecule has 2 aromatic rings. The van der Waals surface area contributed by atoms with Crippen molar-refractivity contribution in [2.45, 2.75) is 57.4 Å². The van der Waals surface area contributed by atoms with Gasteiger partial charge >= 0.3 is 5.97 Å². The third kappa shape index (κ3) is 4.02. The van der Waals surface area contributed by atoms with E-state index in [1.165, 1.54) is 19.1 Å². The number of sulfonamides is 1. The maximum atomic E-state index is 13.5. The largest absolute Gasteiger partial charge is 0.464 e. The summed E-state index contributed by atoms with van der Waals surface area (Å²) in [7, 11) is -3.77. The van der Waals surface area contributed by atoms with E-state index in [0.717, 1.165) is 30.6 Å². The van der Waals surface area contributed by atoms with E-state index < -0.39 is 27.8 Å². The molecule has 0 saturated carbocycles. The highest BCUT2D eigenvalue weighted by molar-refractivity contribution is 7.89. The van der Waals surface area contributed by atoms with E-state index in [2.05, 4.69) is 4.98 Å². The molecule has 9 nitrogen and oxygen atoms in total. The van der Waals surface area contributed by atoms with Gasteiger partial charge in [0.1, 0.15) is 6.61 Å². The zero-order chi connectivity index (χ0) is 23.9. The Bertz CT molecular complexity index is 1260. The molecule has 176 valence electrons. The fraction of sp³-hybridized carbons (Fsp3) is 0.478. The van der Waals surface area contributed by atoms with Gasteiger partial charge in [0.05, 0.1) is 33.8 Å². The zero-order valence-electron chi connectivity index (χ0n) is 19.0. The molecule has 3 heterocycles. The van der Waals surface area contributed by atoms with E-state index in [4.69, 9.17) is 4.74 Å². The number of carbonyl (C=O) groups excluding carboxylic acids is 3. The Kier molecular flexibility index (Phi) is 6.24. The molecule has 0 spiro atoms. The molecule has 2 aliphatic rings. The van der Waals surface area contributed by atoms with Crippen molar-refractivity contribution in [1.82, 2.24) is 14.2 Å². The fourth-order valence-electron chi connectivity index (χ4n) is 4.69. The lowest BCUT2D eigenvalue weighted by Gasteiger charge is -2.34. The van der Waals surface area contributed by atoms with Crippen LogP contribution in [0.1, 0.15) is 65.9 Å². The number of rotatable bonds is 6. The lowest BCUT2D eigenvalue weighted by atomic mass is 10.0. The standard InChI is InChI=1S/C23H27N3O6S/c1-4-16-7-5-6-10-26(16)33(30,31)17-8-9-19-18(13-17)21-20(14(2)24-19)22(28)25(23(21)29)11-12-32-15(3)27/h8-9,13,16H,4-7,10-12H2,1-3H3. The molecule has 4 rings (SSSR count). The minimum absolute atomic E-state index is 0.0544. The van der Waals surface area contributed by atoms with Crippen LogP contribution in [0.3, 0.4) is 0 Å². The first-order chi connectivity index (χ1) is 15.7. The predicted molar refractivity (Wildman–Crippen MR) is 120 cm³/mol. The van der Waals surface area contributed by atoms with Crippen LogP contribution in [-0.4, -0.2) is 66.1 Å². The number of carbonyl (C=O) groups is 3. The summed E-state index contributed by atoms with van der Waals surface area (Å²) in [6, 6.07) is 4.50. The minimum atomic E-state index is -3.77. The summed E-state index contributed by atoms with van der Waals surface area (Å²) in [5, 5.41) is 0.329. The maximum Gasteiger partial charge on any atom is 0.302 e. The van der Waals surface area contributed by atoms with Gasteiger partial charge in [0.15, 0.2) is 0 Å². The number of fused-ring (bicyclic) bond motifs is 3. The predicted octanol–water partition coefficient (Wildman–Crippen LogP) is 2.66. The number of hydrogen-bond donors (Lipinski definition) is 0. The molecule has 1 saturated heterocycles. The van der Waals surface area contributed by atoms with Gasteiger partial charge in [-0.3, -0.25) is 24.3 Å². The summed E-state index contributed by atoms with van der Waals surface area (Å²) in [4.78, 5) is 42.7. The van der Waals surface area contributed by atoms with Crippen LogP contribution >= 0.6 is 0 Å². The van der Waals surface area contributed by atoms with Crippen molar-refractivity contribution in [2.75, 3.05) is 19.7 Å². The second-order valence-corrected chi connectivity index (χ2v) is 10.3. The number of imide groups is 1. The van der Waals surface area contributed by atoms with Gasteiger partial charge in [0.25, 0.3) is 11.8 Å². The van der Waals surface area contributed by atoms with Gasteiger partial charge in [-0.2, -0.15) is 4.31 Å². The molecule has 2 amide bonds. The molecule has 1 atom stereocenters. The van der Waals surface area contributed by atoms with Crippen LogP contribution in [-0.2, 0) is 19.6 Å². The Morgan fingerprint density at radius 2 is 1.91 bits per heavy atom. The highest BCUT2D eigenvalue weighted by Gasteiger charge is 2.40. The molecule has 1 fully saturated rings. The van der Waals surface area contributed by atoms with Gasteiger partial charge in [-0.15, -0.1) is 0 Å². The second kappa shape index (κ2) is 8.83. The molecular formula is C23H27N3O6S. The maximum absolute atomic E-state index is 13.5.